The Bertz CT molecular complexity index is 3150. The minimum atomic E-state index is -0.423. The normalized spacial score (nSPS) is 17.3. The molecule has 0 amide bonds. The first-order valence-corrected chi connectivity index (χ1v) is 23.6. The van der Waals surface area contributed by atoms with E-state index in [1.165, 1.54) is 179 Å². The monoisotopic (exact) mass is 794 g/mol. The Hall–Kier alpha value is -6.24. The summed E-state index contributed by atoms with van der Waals surface area (Å²) in [7, 11) is 0. The van der Waals surface area contributed by atoms with E-state index in [-0.39, 0.29) is 0 Å². The highest BCUT2D eigenvalue weighted by Crippen LogP contribution is 2.60. The number of hydrogen-bond donors (Lipinski definition) is 0. The Morgan fingerprint density at radius 1 is 0.355 bits per heavy atom. The van der Waals surface area contributed by atoms with Crippen molar-refractivity contribution in [3.05, 3.63) is 246 Å². The van der Waals surface area contributed by atoms with Crippen molar-refractivity contribution < 1.29 is 0 Å². The zero-order valence-electron chi connectivity index (χ0n) is 35.9. The van der Waals surface area contributed by atoms with Crippen molar-refractivity contribution >= 4 is 0 Å². The highest BCUT2D eigenvalue weighted by atomic mass is 14.5. The molecule has 1 atom stereocenters. The topological polar surface area (TPSA) is 0 Å². The van der Waals surface area contributed by atoms with Gasteiger partial charge in [0.1, 0.15) is 0 Å². The van der Waals surface area contributed by atoms with Crippen LogP contribution in [0.15, 0.2) is 152 Å². The number of hydrogen-bond acceptors (Lipinski definition) is 0. The molecular weight excluding hydrogens is 745 g/mol. The molecule has 0 N–H and O–H groups in total. The van der Waals surface area contributed by atoms with Gasteiger partial charge in [0.2, 0.25) is 0 Å². The smallest absolute Gasteiger partial charge is 0.0648 e. The molecule has 0 fully saturated rings. The van der Waals surface area contributed by atoms with Gasteiger partial charge in [-0.3, -0.25) is 0 Å². The third-order valence-electron chi connectivity index (χ3n) is 16.9. The van der Waals surface area contributed by atoms with E-state index in [1.54, 1.807) is 0 Å². The largest absolute Gasteiger partial charge is 0.0714 e. The summed E-state index contributed by atoms with van der Waals surface area (Å²) in [6.45, 7) is 4.73. The molecule has 298 valence electrons. The molecule has 1 unspecified atom stereocenters. The van der Waals surface area contributed by atoms with E-state index in [9.17, 15) is 0 Å². The first-order valence-electron chi connectivity index (χ1n) is 23.6. The molecule has 8 aromatic carbocycles. The molecule has 0 heteroatoms. The van der Waals surface area contributed by atoms with Crippen LogP contribution in [0.5, 0.6) is 0 Å². The molecule has 62 heavy (non-hydrogen) atoms. The molecule has 0 bridgehead atoms. The third-order valence-corrected chi connectivity index (χ3v) is 16.9. The standard InChI is InChI=1S/C62H50/c1-3-37(2)42-20-27-55-56-29-22-48(36-60(56)62(58(55)34-42,51-25-18-40-10-14-45(40)32-51)52-26-19-41-11-15-46(41)33-52)47-21-28-54-53-6-4-5-7-57(53)61(59(54)35-47,49-23-16-38-8-12-43(38)30-49)50-24-17-39-9-13-44(39)31-50/h4-7,16-37H,3,8-15H2,1-2H3. The third kappa shape index (κ3) is 4.53. The van der Waals surface area contributed by atoms with Crippen molar-refractivity contribution in [2.75, 3.05) is 0 Å². The molecule has 8 aromatic rings. The van der Waals surface area contributed by atoms with Crippen LogP contribution in [0.3, 0.4) is 0 Å². The predicted molar refractivity (Wildman–Crippen MR) is 255 cm³/mol. The number of benzene rings is 8. The van der Waals surface area contributed by atoms with Crippen LogP contribution < -0.4 is 0 Å². The van der Waals surface area contributed by atoms with Crippen LogP contribution in [-0.2, 0) is 62.2 Å². The van der Waals surface area contributed by atoms with Gasteiger partial charge in [-0.05, 0) is 204 Å². The summed E-state index contributed by atoms with van der Waals surface area (Å²) in [4.78, 5) is 0. The molecule has 0 heterocycles. The van der Waals surface area contributed by atoms with Gasteiger partial charge in [-0.25, -0.2) is 0 Å². The highest BCUT2D eigenvalue weighted by Gasteiger charge is 2.49. The summed E-state index contributed by atoms with van der Waals surface area (Å²) >= 11 is 0. The van der Waals surface area contributed by atoms with Crippen molar-refractivity contribution in [1.29, 1.82) is 0 Å². The Morgan fingerprint density at radius 3 is 1.13 bits per heavy atom. The van der Waals surface area contributed by atoms with Crippen LogP contribution in [-0.4, -0.2) is 0 Å². The second-order valence-electron chi connectivity index (χ2n) is 19.6. The van der Waals surface area contributed by atoms with Gasteiger partial charge < -0.3 is 0 Å². The van der Waals surface area contributed by atoms with Gasteiger partial charge in [0.05, 0.1) is 10.8 Å². The highest BCUT2D eigenvalue weighted by molar-refractivity contribution is 5.92. The fourth-order valence-corrected chi connectivity index (χ4v) is 12.8. The lowest BCUT2D eigenvalue weighted by Gasteiger charge is -2.37. The molecule has 0 aliphatic heterocycles. The summed E-state index contributed by atoms with van der Waals surface area (Å²) < 4.78 is 0. The fraction of sp³-hybridized carbons (Fsp3) is 0.226. The molecule has 0 aromatic heterocycles. The molecular formula is C62H50. The summed E-state index contributed by atoms with van der Waals surface area (Å²) in [6, 6.07) is 61.7. The maximum atomic E-state index is 2.61. The first-order chi connectivity index (χ1) is 30.5. The van der Waals surface area contributed by atoms with Crippen molar-refractivity contribution in [3.63, 3.8) is 0 Å². The quantitative estimate of drug-likeness (QED) is 0.151. The van der Waals surface area contributed by atoms with E-state index in [2.05, 4.69) is 166 Å². The van der Waals surface area contributed by atoms with Crippen LogP contribution in [0.25, 0.3) is 33.4 Å². The second-order valence-corrected chi connectivity index (χ2v) is 19.6. The Kier molecular flexibility index (Phi) is 7.23. The molecule has 14 rings (SSSR count). The van der Waals surface area contributed by atoms with Crippen molar-refractivity contribution in [2.24, 2.45) is 0 Å². The number of fused-ring (bicyclic) bond motifs is 10. The van der Waals surface area contributed by atoms with Gasteiger partial charge in [-0.1, -0.05) is 153 Å². The van der Waals surface area contributed by atoms with Crippen LogP contribution in [0.2, 0.25) is 0 Å². The summed E-state index contributed by atoms with van der Waals surface area (Å²) in [5, 5.41) is 0. The Labute approximate surface area is 366 Å². The fourth-order valence-electron chi connectivity index (χ4n) is 12.8. The lowest BCUT2D eigenvalue weighted by molar-refractivity contribution is 0.716. The lowest BCUT2D eigenvalue weighted by Crippen LogP contribution is -2.30. The maximum absolute atomic E-state index is 2.61. The molecule has 0 nitrogen and oxygen atoms in total. The Morgan fingerprint density at radius 2 is 0.726 bits per heavy atom. The minimum Gasteiger partial charge on any atom is -0.0648 e. The summed E-state index contributed by atoms with van der Waals surface area (Å²) in [5.41, 5.74) is 32.2. The van der Waals surface area contributed by atoms with Crippen LogP contribution >= 0.6 is 0 Å². The van der Waals surface area contributed by atoms with Gasteiger partial charge >= 0.3 is 0 Å². The van der Waals surface area contributed by atoms with Gasteiger partial charge in [-0.15, -0.1) is 0 Å². The van der Waals surface area contributed by atoms with Crippen molar-refractivity contribution in [2.45, 2.75) is 88.4 Å². The Balaban J connectivity index is 1.03. The maximum Gasteiger partial charge on any atom is 0.0714 e. The van der Waals surface area contributed by atoms with Gasteiger partial charge in [-0.2, -0.15) is 0 Å². The average molecular weight is 795 g/mol. The van der Waals surface area contributed by atoms with Gasteiger partial charge in [0.15, 0.2) is 0 Å². The zero-order valence-corrected chi connectivity index (χ0v) is 35.9. The lowest BCUT2D eigenvalue weighted by atomic mass is 9.64. The second kappa shape index (κ2) is 12.7. The molecule has 0 saturated carbocycles. The minimum absolute atomic E-state index is 0.405. The summed E-state index contributed by atoms with van der Waals surface area (Å²) in [5.74, 6) is 0.490. The van der Waals surface area contributed by atoms with Crippen molar-refractivity contribution in [3.8, 4) is 33.4 Å². The molecule has 0 spiro atoms. The zero-order chi connectivity index (χ0) is 40.9. The van der Waals surface area contributed by atoms with Gasteiger partial charge in [0.25, 0.3) is 0 Å². The van der Waals surface area contributed by atoms with E-state index in [1.807, 2.05) is 0 Å². The number of aryl methyl sites for hydroxylation is 8. The van der Waals surface area contributed by atoms with E-state index in [0.29, 0.717) is 5.92 Å². The van der Waals surface area contributed by atoms with E-state index in [4.69, 9.17) is 0 Å². The van der Waals surface area contributed by atoms with Gasteiger partial charge in [0, 0.05) is 0 Å². The average Bonchev–Trinajstić information content (AvgIpc) is 3.72. The SMILES string of the molecule is CCC(C)c1ccc2c(c1)C(c1ccc3c(c1)CC3)(c1ccc3c(c1)CC3)c1cc(-c3ccc4c(c3)C(c3ccc5c(c3)CC5)(c3ccc5c(c3)CC5)c3ccccc3-4)ccc1-2. The van der Waals surface area contributed by atoms with E-state index < -0.39 is 10.8 Å². The molecule has 6 aliphatic rings. The van der Waals surface area contributed by atoms with Crippen LogP contribution in [0.1, 0.15) is 121 Å². The summed E-state index contributed by atoms with van der Waals surface area (Å²) in [6.07, 6.45) is 10.6. The van der Waals surface area contributed by atoms with Crippen molar-refractivity contribution in [1.82, 2.24) is 0 Å². The van der Waals surface area contributed by atoms with Crippen LogP contribution in [0.4, 0.5) is 0 Å². The molecule has 6 aliphatic carbocycles. The first kappa shape index (κ1) is 35.4. The van der Waals surface area contributed by atoms with Crippen LogP contribution in [0, 0.1) is 0 Å². The predicted octanol–water partition coefficient (Wildman–Crippen LogP) is 14.0. The van der Waals surface area contributed by atoms with E-state index >= 15 is 0 Å². The number of rotatable bonds is 7. The molecule has 0 radical (unpaired) electrons. The van der Waals surface area contributed by atoms with E-state index in [0.717, 1.165) is 6.42 Å². The molecule has 0 saturated heterocycles.